The van der Waals surface area contributed by atoms with Gasteiger partial charge in [0, 0.05) is 24.2 Å². The maximum Gasteiger partial charge on any atom is 0.227 e. The zero-order valence-corrected chi connectivity index (χ0v) is 16.8. The van der Waals surface area contributed by atoms with Crippen molar-refractivity contribution in [3.05, 3.63) is 66.0 Å². The summed E-state index contributed by atoms with van der Waals surface area (Å²) in [5.74, 6) is 1.62. The Morgan fingerprint density at radius 1 is 1.00 bits per heavy atom. The summed E-state index contributed by atoms with van der Waals surface area (Å²) in [5.41, 5.74) is 3.39. The van der Waals surface area contributed by atoms with Gasteiger partial charge in [0.2, 0.25) is 11.6 Å². The molecule has 4 aromatic rings. The van der Waals surface area contributed by atoms with E-state index in [1.54, 1.807) is 30.6 Å². The fourth-order valence-corrected chi connectivity index (χ4v) is 3.32. The number of aromatic nitrogens is 2. The van der Waals surface area contributed by atoms with E-state index in [2.05, 4.69) is 9.97 Å². The van der Waals surface area contributed by atoms with Crippen LogP contribution in [0.4, 0.5) is 0 Å². The van der Waals surface area contributed by atoms with Gasteiger partial charge in [0.05, 0.1) is 33.1 Å². The molecule has 7 nitrogen and oxygen atoms in total. The fourth-order valence-electron chi connectivity index (χ4n) is 3.32. The van der Waals surface area contributed by atoms with Crippen LogP contribution in [-0.2, 0) is 6.42 Å². The smallest absolute Gasteiger partial charge is 0.227 e. The molecule has 0 aliphatic rings. The highest BCUT2D eigenvalue weighted by atomic mass is 16.5. The molecule has 152 valence electrons. The lowest BCUT2D eigenvalue weighted by atomic mass is 10.00. The second-order valence-electron chi connectivity index (χ2n) is 6.54. The molecule has 0 atom stereocenters. The molecular weight excluding hydrogens is 384 g/mol. The number of ether oxygens (including phenoxy) is 3. The van der Waals surface area contributed by atoms with Crippen LogP contribution in [0.15, 0.2) is 59.3 Å². The molecule has 0 aliphatic carbocycles. The van der Waals surface area contributed by atoms with Crippen LogP contribution in [0.2, 0.25) is 0 Å². The highest BCUT2D eigenvalue weighted by molar-refractivity contribution is 6.01. The first-order valence-corrected chi connectivity index (χ1v) is 9.26. The quantitative estimate of drug-likeness (QED) is 0.424. The largest absolute Gasteiger partial charge is 0.493 e. The van der Waals surface area contributed by atoms with E-state index in [0.717, 1.165) is 11.1 Å². The molecule has 0 bridgehead atoms. The SMILES string of the molecule is COc1ccc(C(=O)Cc2cccc(-c3nc4cnccc4o3)c2)c(OC)c1OC. The number of rotatable bonds is 7. The highest BCUT2D eigenvalue weighted by Crippen LogP contribution is 2.40. The standard InChI is InChI=1S/C23H20N2O5/c1-27-20-8-7-16(21(28-2)22(20)29-3)18(26)12-14-5-4-6-15(11-14)23-25-17-13-24-10-9-19(17)30-23/h4-11,13H,12H2,1-3H3. The number of hydrogen-bond acceptors (Lipinski definition) is 7. The van der Waals surface area contributed by atoms with Gasteiger partial charge in [-0.25, -0.2) is 4.98 Å². The molecule has 7 heteroatoms. The van der Waals surface area contributed by atoms with E-state index in [1.165, 1.54) is 21.3 Å². The molecule has 4 rings (SSSR count). The first-order chi connectivity index (χ1) is 14.6. The Morgan fingerprint density at radius 2 is 1.83 bits per heavy atom. The third kappa shape index (κ3) is 3.57. The van der Waals surface area contributed by atoms with Crippen LogP contribution >= 0.6 is 0 Å². The minimum Gasteiger partial charge on any atom is -0.493 e. The van der Waals surface area contributed by atoms with Gasteiger partial charge in [-0.2, -0.15) is 0 Å². The van der Waals surface area contributed by atoms with Crippen molar-refractivity contribution in [1.29, 1.82) is 0 Å². The monoisotopic (exact) mass is 404 g/mol. The van der Waals surface area contributed by atoms with Crippen LogP contribution < -0.4 is 14.2 Å². The molecule has 0 N–H and O–H groups in total. The van der Waals surface area contributed by atoms with E-state index in [9.17, 15) is 4.79 Å². The molecular formula is C23H20N2O5. The summed E-state index contributed by atoms with van der Waals surface area (Å²) in [6.07, 6.45) is 3.49. The summed E-state index contributed by atoms with van der Waals surface area (Å²) >= 11 is 0. The van der Waals surface area contributed by atoms with E-state index < -0.39 is 0 Å². The lowest BCUT2D eigenvalue weighted by molar-refractivity contribution is 0.0989. The molecule has 0 aliphatic heterocycles. The minimum atomic E-state index is -0.105. The maximum absolute atomic E-state index is 13.0. The summed E-state index contributed by atoms with van der Waals surface area (Å²) < 4.78 is 21.9. The summed E-state index contributed by atoms with van der Waals surface area (Å²) in [4.78, 5) is 21.5. The Bertz CT molecular complexity index is 1180. The number of nitrogens with zero attached hydrogens (tertiary/aromatic N) is 2. The Hall–Kier alpha value is -3.87. The number of carbonyl (C=O) groups excluding carboxylic acids is 1. The summed E-state index contributed by atoms with van der Waals surface area (Å²) in [6, 6.07) is 12.7. The van der Waals surface area contributed by atoms with Gasteiger partial charge < -0.3 is 18.6 Å². The van der Waals surface area contributed by atoms with Crippen molar-refractivity contribution in [3.8, 4) is 28.7 Å². The summed E-state index contributed by atoms with van der Waals surface area (Å²) in [7, 11) is 4.54. The van der Waals surface area contributed by atoms with Gasteiger partial charge in [-0.05, 0) is 29.8 Å². The number of pyridine rings is 1. The van der Waals surface area contributed by atoms with Gasteiger partial charge in [-0.1, -0.05) is 12.1 Å². The number of hydrogen-bond donors (Lipinski definition) is 0. The van der Waals surface area contributed by atoms with Crippen molar-refractivity contribution in [2.24, 2.45) is 0 Å². The molecule has 2 heterocycles. The molecule has 0 radical (unpaired) electrons. The highest BCUT2D eigenvalue weighted by Gasteiger charge is 2.21. The predicted octanol–water partition coefficient (Wildman–Crippen LogP) is 4.34. The Balaban J connectivity index is 1.64. The van der Waals surface area contributed by atoms with E-state index in [4.69, 9.17) is 18.6 Å². The average molecular weight is 404 g/mol. The second-order valence-corrected chi connectivity index (χ2v) is 6.54. The Labute approximate surface area is 173 Å². The summed E-state index contributed by atoms with van der Waals surface area (Å²) in [6.45, 7) is 0. The van der Waals surface area contributed by atoms with Gasteiger partial charge in [0.25, 0.3) is 0 Å². The number of fused-ring (bicyclic) bond motifs is 1. The van der Waals surface area contributed by atoms with Crippen LogP contribution in [0.1, 0.15) is 15.9 Å². The first kappa shape index (κ1) is 19.4. The number of Topliss-reactive ketones (excluding diaryl/α,β-unsaturated/α-hetero) is 1. The molecule has 0 spiro atoms. The van der Waals surface area contributed by atoms with Gasteiger partial charge in [-0.3, -0.25) is 9.78 Å². The third-order valence-electron chi connectivity index (χ3n) is 4.73. The van der Waals surface area contributed by atoms with Crippen molar-refractivity contribution >= 4 is 16.9 Å². The van der Waals surface area contributed by atoms with Gasteiger partial charge in [0.15, 0.2) is 22.9 Å². The molecule has 0 saturated carbocycles. The zero-order valence-electron chi connectivity index (χ0n) is 16.8. The maximum atomic E-state index is 13.0. The average Bonchev–Trinajstić information content (AvgIpc) is 3.22. The Morgan fingerprint density at radius 3 is 2.57 bits per heavy atom. The molecule has 0 saturated heterocycles. The van der Waals surface area contributed by atoms with Gasteiger partial charge in [-0.15, -0.1) is 0 Å². The molecule has 0 fully saturated rings. The number of oxazole rings is 1. The number of methoxy groups -OCH3 is 3. The minimum absolute atomic E-state index is 0.105. The van der Waals surface area contributed by atoms with E-state index in [0.29, 0.717) is 39.8 Å². The van der Waals surface area contributed by atoms with Crippen LogP contribution in [0, 0.1) is 0 Å². The van der Waals surface area contributed by atoms with Crippen molar-refractivity contribution < 1.29 is 23.4 Å². The molecule has 2 aromatic heterocycles. The van der Waals surface area contributed by atoms with Gasteiger partial charge in [0.1, 0.15) is 5.52 Å². The lowest BCUT2D eigenvalue weighted by Gasteiger charge is -2.15. The normalized spacial score (nSPS) is 10.8. The topological polar surface area (TPSA) is 83.7 Å². The van der Waals surface area contributed by atoms with Crippen LogP contribution in [0.5, 0.6) is 17.2 Å². The summed E-state index contributed by atoms with van der Waals surface area (Å²) in [5, 5.41) is 0. The number of ketones is 1. The number of benzene rings is 2. The number of carbonyl (C=O) groups is 1. The van der Waals surface area contributed by atoms with E-state index >= 15 is 0 Å². The third-order valence-corrected chi connectivity index (χ3v) is 4.73. The lowest BCUT2D eigenvalue weighted by Crippen LogP contribution is -2.07. The Kier molecular flexibility index (Phi) is 5.34. The van der Waals surface area contributed by atoms with Crippen LogP contribution in [0.3, 0.4) is 0 Å². The second kappa shape index (κ2) is 8.24. The molecule has 30 heavy (non-hydrogen) atoms. The van der Waals surface area contributed by atoms with Gasteiger partial charge >= 0.3 is 0 Å². The van der Waals surface area contributed by atoms with Crippen molar-refractivity contribution in [2.75, 3.05) is 21.3 Å². The van der Waals surface area contributed by atoms with E-state index in [1.807, 2.05) is 24.3 Å². The van der Waals surface area contributed by atoms with Crippen molar-refractivity contribution in [2.45, 2.75) is 6.42 Å². The molecule has 0 amide bonds. The van der Waals surface area contributed by atoms with Crippen LogP contribution in [-0.4, -0.2) is 37.1 Å². The predicted molar refractivity (Wildman–Crippen MR) is 111 cm³/mol. The van der Waals surface area contributed by atoms with E-state index in [-0.39, 0.29) is 12.2 Å². The first-order valence-electron chi connectivity index (χ1n) is 9.26. The van der Waals surface area contributed by atoms with Crippen molar-refractivity contribution in [3.63, 3.8) is 0 Å². The van der Waals surface area contributed by atoms with Crippen LogP contribution in [0.25, 0.3) is 22.6 Å². The van der Waals surface area contributed by atoms with Crippen molar-refractivity contribution in [1.82, 2.24) is 9.97 Å². The fraction of sp³-hybridized carbons (Fsp3) is 0.174. The molecule has 2 aromatic carbocycles. The zero-order chi connectivity index (χ0) is 21.1. The molecule has 0 unspecified atom stereocenters.